The highest BCUT2D eigenvalue weighted by molar-refractivity contribution is 7.90. The summed E-state index contributed by atoms with van der Waals surface area (Å²) in [5.74, 6) is -2.22. The minimum atomic E-state index is -3.65. The molecule has 0 aliphatic carbocycles. The molecule has 33 heavy (non-hydrogen) atoms. The summed E-state index contributed by atoms with van der Waals surface area (Å²) in [6, 6.07) is 19.0. The molecular weight excluding hydrogens is 446 g/mol. The first-order valence-corrected chi connectivity index (χ1v) is 11.0. The zero-order chi connectivity index (χ0) is 24.2. The van der Waals surface area contributed by atoms with Crippen LogP contribution in [-0.4, -0.2) is 40.8 Å². The summed E-state index contributed by atoms with van der Waals surface area (Å²) in [6.45, 7) is 1.48. The van der Waals surface area contributed by atoms with Gasteiger partial charge in [-0.05, 0) is 48.9 Å². The van der Waals surface area contributed by atoms with Crippen molar-refractivity contribution in [2.75, 3.05) is 0 Å². The molecule has 0 atom stereocenters. The van der Waals surface area contributed by atoms with Gasteiger partial charge in [0.05, 0.1) is 21.5 Å². The van der Waals surface area contributed by atoms with E-state index in [2.05, 4.69) is 0 Å². The fourth-order valence-electron chi connectivity index (χ4n) is 3.28. The van der Waals surface area contributed by atoms with Crippen molar-refractivity contribution in [2.45, 2.75) is 11.8 Å². The van der Waals surface area contributed by atoms with Crippen LogP contribution in [0.5, 0.6) is 0 Å². The van der Waals surface area contributed by atoms with Gasteiger partial charge in [-0.15, -0.1) is 0 Å². The first-order chi connectivity index (χ1) is 15.7. The molecule has 0 aliphatic rings. The number of aromatic carboxylic acids is 2. The van der Waals surface area contributed by atoms with E-state index >= 15 is 0 Å². The van der Waals surface area contributed by atoms with Gasteiger partial charge >= 0.3 is 11.9 Å². The van der Waals surface area contributed by atoms with Gasteiger partial charge in [-0.3, -0.25) is 4.79 Å². The van der Waals surface area contributed by atoms with Crippen molar-refractivity contribution in [3.05, 3.63) is 101 Å². The van der Waals surface area contributed by atoms with Crippen LogP contribution in [0, 0.1) is 6.92 Å². The van der Waals surface area contributed by atoms with Gasteiger partial charge in [0, 0.05) is 17.1 Å². The van der Waals surface area contributed by atoms with Gasteiger partial charge in [-0.25, -0.2) is 22.0 Å². The van der Waals surface area contributed by atoms with E-state index in [9.17, 15) is 22.8 Å². The minimum Gasteiger partial charge on any atom is -0.478 e. The van der Waals surface area contributed by atoms with Gasteiger partial charge in [-0.1, -0.05) is 36.4 Å². The van der Waals surface area contributed by atoms with E-state index in [1.54, 1.807) is 54.6 Å². The number of carboxylic acid groups (broad SMARTS) is 2. The molecule has 0 fully saturated rings. The number of benzene rings is 3. The number of carboxylic acids is 2. The number of hydrogen-bond donors (Lipinski definition) is 2. The van der Waals surface area contributed by atoms with E-state index < -0.39 is 22.0 Å². The Labute approximate surface area is 189 Å². The molecule has 0 saturated heterocycles. The summed E-state index contributed by atoms with van der Waals surface area (Å²) in [6.07, 6.45) is 2.20. The molecule has 2 N–H and O–H groups in total. The molecular formula is C24H19NO7S. The van der Waals surface area contributed by atoms with Crippen LogP contribution < -0.4 is 0 Å². The number of carbonyl (C=O) groups is 3. The topological polar surface area (TPSA) is 131 Å². The van der Waals surface area contributed by atoms with E-state index in [1.165, 1.54) is 35.3 Å². The number of rotatable bonds is 5. The summed E-state index contributed by atoms with van der Waals surface area (Å²) in [5, 5.41) is 18.0. The fourth-order valence-corrected chi connectivity index (χ4v) is 4.65. The molecule has 1 aromatic heterocycles. The van der Waals surface area contributed by atoms with Crippen molar-refractivity contribution in [1.82, 2.24) is 3.97 Å². The lowest BCUT2D eigenvalue weighted by Gasteiger charge is -2.07. The summed E-state index contributed by atoms with van der Waals surface area (Å²) < 4.78 is 26.4. The van der Waals surface area contributed by atoms with Crippen molar-refractivity contribution in [2.24, 2.45) is 0 Å². The molecule has 4 rings (SSSR count). The number of nitrogens with zero attached hydrogens (tertiary/aromatic N) is 1. The van der Waals surface area contributed by atoms with Crippen molar-refractivity contribution < 1.29 is 33.0 Å². The van der Waals surface area contributed by atoms with Crippen LogP contribution in [0.2, 0.25) is 0 Å². The third-order valence-electron chi connectivity index (χ3n) is 4.95. The Kier molecular flexibility index (Phi) is 6.74. The molecule has 4 aromatic rings. The third kappa shape index (κ3) is 4.68. The monoisotopic (exact) mass is 465 g/mol. The Balaban J connectivity index is 0.000000205. The smallest absolute Gasteiger partial charge is 0.335 e. The van der Waals surface area contributed by atoms with E-state index in [0.29, 0.717) is 16.5 Å². The second kappa shape index (κ2) is 9.49. The highest BCUT2D eigenvalue weighted by Crippen LogP contribution is 2.24. The van der Waals surface area contributed by atoms with Crippen LogP contribution in [-0.2, 0) is 10.0 Å². The van der Waals surface area contributed by atoms with Crippen LogP contribution in [0.4, 0.5) is 0 Å². The zero-order valence-corrected chi connectivity index (χ0v) is 18.2. The largest absolute Gasteiger partial charge is 0.478 e. The van der Waals surface area contributed by atoms with Gasteiger partial charge in [0.15, 0.2) is 6.29 Å². The molecule has 1 heterocycles. The molecule has 8 nitrogen and oxygen atoms in total. The maximum absolute atomic E-state index is 12.6. The predicted molar refractivity (Wildman–Crippen MR) is 121 cm³/mol. The average Bonchev–Trinajstić information content (AvgIpc) is 3.25. The summed E-state index contributed by atoms with van der Waals surface area (Å²) in [7, 11) is -3.65. The van der Waals surface area contributed by atoms with Crippen molar-refractivity contribution >= 4 is 39.2 Å². The van der Waals surface area contributed by atoms with Crippen LogP contribution in [0.1, 0.15) is 36.6 Å². The normalized spacial score (nSPS) is 10.8. The minimum absolute atomic E-state index is 0.0277. The number of hydrogen-bond acceptors (Lipinski definition) is 5. The molecule has 0 amide bonds. The van der Waals surface area contributed by atoms with Crippen LogP contribution in [0.15, 0.2) is 83.9 Å². The molecule has 0 spiro atoms. The van der Waals surface area contributed by atoms with Crippen LogP contribution in [0.3, 0.4) is 0 Å². The summed E-state index contributed by atoms with van der Waals surface area (Å²) in [4.78, 5) is 32.4. The zero-order valence-electron chi connectivity index (χ0n) is 17.4. The SMILES string of the molecule is Cc1c(C(=O)O)cccc1C(=O)O.O=Cc1cccc2c1ccn2S(=O)(=O)c1ccccc1. The second-order valence-electron chi connectivity index (χ2n) is 6.92. The standard InChI is InChI=1S/C15H11NO3S.C9H8O4/c17-11-12-5-4-8-15-14(12)9-10-16(15)20(18,19)13-6-2-1-3-7-13;1-5-6(8(10)11)3-2-4-7(5)9(12)13/h1-11H;2-4H,1H3,(H,10,11)(H,12,13). The van der Waals surface area contributed by atoms with Crippen LogP contribution in [0.25, 0.3) is 10.9 Å². The first-order valence-electron chi connectivity index (χ1n) is 9.60. The Hall–Kier alpha value is -4.24. The van der Waals surface area contributed by atoms with E-state index in [1.807, 2.05) is 0 Å². The van der Waals surface area contributed by atoms with Gasteiger partial charge in [-0.2, -0.15) is 0 Å². The average molecular weight is 465 g/mol. The quantitative estimate of drug-likeness (QED) is 0.425. The third-order valence-corrected chi connectivity index (χ3v) is 6.66. The number of aromatic nitrogens is 1. The van der Waals surface area contributed by atoms with Gasteiger partial charge in [0.25, 0.3) is 10.0 Å². The number of carbonyl (C=O) groups excluding carboxylic acids is 1. The molecule has 0 radical (unpaired) electrons. The maximum atomic E-state index is 12.6. The first kappa shape index (κ1) is 23.4. The van der Waals surface area contributed by atoms with E-state index in [4.69, 9.17) is 10.2 Å². The maximum Gasteiger partial charge on any atom is 0.335 e. The van der Waals surface area contributed by atoms with Crippen molar-refractivity contribution in [3.8, 4) is 0 Å². The van der Waals surface area contributed by atoms with Crippen LogP contribution >= 0.6 is 0 Å². The van der Waals surface area contributed by atoms with E-state index in [-0.39, 0.29) is 21.6 Å². The molecule has 9 heteroatoms. The summed E-state index contributed by atoms with van der Waals surface area (Å²) >= 11 is 0. The van der Waals surface area contributed by atoms with Gasteiger partial charge in [0.1, 0.15) is 0 Å². The Morgan fingerprint density at radius 2 is 1.39 bits per heavy atom. The van der Waals surface area contributed by atoms with Crippen molar-refractivity contribution in [1.29, 1.82) is 0 Å². The van der Waals surface area contributed by atoms with Crippen molar-refractivity contribution in [3.63, 3.8) is 0 Å². The lowest BCUT2D eigenvalue weighted by molar-refractivity contribution is 0.0696. The lowest BCUT2D eigenvalue weighted by atomic mass is 10.0. The number of aldehydes is 1. The fraction of sp³-hybridized carbons (Fsp3) is 0.0417. The Morgan fingerprint density at radius 3 is 1.94 bits per heavy atom. The highest BCUT2D eigenvalue weighted by Gasteiger charge is 2.19. The Bertz CT molecular complexity index is 1420. The highest BCUT2D eigenvalue weighted by atomic mass is 32.2. The van der Waals surface area contributed by atoms with E-state index in [0.717, 1.165) is 6.29 Å². The molecule has 0 unspecified atom stereocenters. The van der Waals surface area contributed by atoms with Gasteiger partial charge in [0.2, 0.25) is 0 Å². The molecule has 0 saturated carbocycles. The predicted octanol–water partition coefficient (Wildman–Crippen LogP) is 4.08. The Morgan fingerprint density at radius 1 is 0.818 bits per heavy atom. The summed E-state index contributed by atoms with van der Waals surface area (Å²) in [5.41, 5.74) is 1.31. The number of fused-ring (bicyclic) bond motifs is 1. The molecule has 0 bridgehead atoms. The molecule has 168 valence electrons. The molecule has 3 aromatic carbocycles. The second-order valence-corrected chi connectivity index (χ2v) is 8.73. The molecule has 0 aliphatic heterocycles. The lowest BCUT2D eigenvalue weighted by Crippen LogP contribution is -2.11. The van der Waals surface area contributed by atoms with Gasteiger partial charge < -0.3 is 10.2 Å².